The van der Waals surface area contributed by atoms with Crippen LogP contribution >= 0.6 is 0 Å². The highest BCUT2D eigenvalue weighted by Gasteiger charge is 2.18. The van der Waals surface area contributed by atoms with Crippen LogP contribution in [0.5, 0.6) is 0 Å². The molecule has 0 saturated heterocycles. The van der Waals surface area contributed by atoms with Crippen molar-refractivity contribution >= 4 is 11.7 Å². The molecule has 7 heteroatoms. The smallest absolute Gasteiger partial charge is 0.319 e. The summed E-state index contributed by atoms with van der Waals surface area (Å²) in [6.07, 6.45) is 3.86. The summed E-state index contributed by atoms with van der Waals surface area (Å²) in [6.45, 7) is 2.14. The number of benzene rings is 2. The second kappa shape index (κ2) is 8.02. The molecule has 0 atom stereocenters. The molecule has 2 amide bonds. The van der Waals surface area contributed by atoms with Crippen LogP contribution in [0, 0.1) is 12.7 Å². The van der Waals surface area contributed by atoms with Crippen molar-refractivity contribution in [3.63, 3.8) is 0 Å². The second-order valence-electron chi connectivity index (χ2n) is 6.51. The number of carbonyl (C=O) groups is 1. The Bertz CT molecular complexity index is 1120. The predicted molar refractivity (Wildman–Crippen MR) is 110 cm³/mol. The number of halogens is 1. The van der Waals surface area contributed by atoms with Gasteiger partial charge in [0.25, 0.3) is 0 Å². The molecule has 6 nitrogen and oxygen atoms in total. The van der Waals surface area contributed by atoms with E-state index in [4.69, 9.17) is 0 Å². The molecule has 0 saturated carbocycles. The summed E-state index contributed by atoms with van der Waals surface area (Å²) in [5.74, 6) is 0.355. The molecule has 2 aromatic carbocycles. The normalized spacial score (nSPS) is 10.7. The SMILES string of the molecule is Cc1nn(-c2ccccc2)c(-n2cccc2)c1CNC(=O)Nc1ccccc1F. The molecule has 0 spiro atoms. The van der Waals surface area contributed by atoms with Gasteiger partial charge in [-0.3, -0.25) is 0 Å². The molecule has 0 unspecified atom stereocenters. The van der Waals surface area contributed by atoms with Crippen molar-refractivity contribution in [3.05, 3.63) is 96.2 Å². The molecule has 0 bridgehead atoms. The van der Waals surface area contributed by atoms with Crippen molar-refractivity contribution in [3.8, 4) is 11.5 Å². The number of hydrogen-bond donors (Lipinski definition) is 2. The van der Waals surface area contributed by atoms with Crippen LogP contribution in [0.15, 0.2) is 79.1 Å². The van der Waals surface area contributed by atoms with E-state index >= 15 is 0 Å². The van der Waals surface area contributed by atoms with Crippen LogP contribution < -0.4 is 10.6 Å². The lowest BCUT2D eigenvalue weighted by Gasteiger charge is -2.12. The van der Waals surface area contributed by atoms with E-state index in [1.807, 2.05) is 71.0 Å². The lowest BCUT2D eigenvalue weighted by atomic mass is 10.2. The van der Waals surface area contributed by atoms with E-state index in [1.165, 1.54) is 12.1 Å². The Hall–Kier alpha value is -3.87. The number of rotatable bonds is 5. The van der Waals surface area contributed by atoms with Gasteiger partial charge in [-0.05, 0) is 43.3 Å². The lowest BCUT2D eigenvalue weighted by molar-refractivity contribution is 0.251. The number of anilines is 1. The fourth-order valence-corrected chi connectivity index (χ4v) is 3.14. The predicted octanol–water partition coefficient (Wildman–Crippen LogP) is 4.43. The Balaban J connectivity index is 1.61. The van der Waals surface area contributed by atoms with Gasteiger partial charge in [0.05, 0.1) is 23.6 Å². The van der Waals surface area contributed by atoms with Gasteiger partial charge in [0.15, 0.2) is 0 Å². The maximum atomic E-state index is 13.8. The maximum Gasteiger partial charge on any atom is 0.319 e. The first-order valence-electron chi connectivity index (χ1n) is 9.20. The Labute approximate surface area is 167 Å². The molecular weight excluding hydrogens is 369 g/mol. The van der Waals surface area contributed by atoms with E-state index in [-0.39, 0.29) is 12.2 Å². The molecule has 0 fully saturated rings. The molecule has 29 heavy (non-hydrogen) atoms. The highest BCUT2D eigenvalue weighted by molar-refractivity contribution is 5.89. The molecule has 2 aromatic heterocycles. The Morgan fingerprint density at radius 1 is 1.00 bits per heavy atom. The molecule has 0 aliphatic rings. The fraction of sp³-hybridized carbons (Fsp3) is 0.0909. The molecule has 4 rings (SSSR count). The third kappa shape index (κ3) is 3.89. The topological polar surface area (TPSA) is 63.9 Å². The maximum absolute atomic E-state index is 13.8. The number of aryl methyl sites for hydroxylation is 1. The number of nitrogens with zero attached hydrogens (tertiary/aromatic N) is 3. The minimum atomic E-state index is -0.486. The summed E-state index contributed by atoms with van der Waals surface area (Å²) in [4.78, 5) is 12.3. The average Bonchev–Trinajstić information content (AvgIpc) is 3.36. The molecule has 0 radical (unpaired) electrons. The van der Waals surface area contributed by atoms with Crippen molar-refractivity contribution in [2.75, 3.05) is 5.32 Å². The Morgan fingerprint density at radius 3 is 2.41 bits per heavy atom. The summed E-state index contributed by atoms with van der Waals surface area (Å²) in [6, 6.07) is 19.2. The van der Waals surface area contributed by atoms with E-state index in [1.54, 1.807) is 12.1 Å². The van der Waals surface area contributed by atoms with Gasteiger partial charge < -0.3 is 15.2 Å². The second-order valence-corrected chi connectivity index (χ2v) is 6.51. The summed E-state index contributed by atoms with van der Waals surface area (Å²) in [7, 11) is 0. The molecule has 146 valence electrons. The first-order valence-corrected chi connectivity index (χ1v) is 9.20. The number of urea groups is 1. The van der Waals surface area contributed by atoms with Crippen LogP contribution in [0.4, 0.5) is 14.9 Å². The lowest BCUT2D eigenvalue weighted by Crippen LogP contribution is -2.29. The highest BCUT2D eigenvalue weighted by Crippen LogP contribution is 2.23. The summed E-state index contributed by atoms with van der Waals surface area (Å²) >= 11 is 0. The van der Waals surface area contributed by atoms with Crippen molar-refractivity contribution < 1.29 is 9.18 Å². The van der Waals surface area contributed by atoms with Gasteiger partial charge in [-0.15, -0.1) is 0 Å². The number of carbonyl (C=O) groups excluding carboxylic acids is 1. The van der Waals surface area contributed by atoms with Gasteiger partial charge in [0.2, 0.25) is 0 Å². The van der Waals surface area contributed by atoms with Crippen LogP contribution in [0.1, 0.15) is 11.3 Å². The first kappa shape index (κ1) is 18.5. The highest BCUT2D eigenvalue weighted by atomic mass is 19.1. The van der Waals surface area contributed by atoms with Crippen molar-refractivity contribution in [1.82, 2.24) is 19.7 Å². The van der Waals surface area contributed by atoms with Gasteiger partial charge in [0.1, 0.15) is 11.6 Å². The van der Waals surface area contributed by atoms with E-state index in [0.717, 1.165) is 22.8 Å². The molecule has 2 N–H and O–H groups in total. The monoisotopic (exact) mass is 389 g/mol. The van der Waals surface area contributed by atoms with E-state index in [0.29, 0.717) is 0 Å². The third-order valence-electron chi connectivity index (χ3n) is 4.55. The zero-order valence-electron chi connectivity index (χ0n) is 15.8. The van der Waals surface area contributed by atoms with Gasteiger partial charge in [-0.25, -0.2) is 13.9 Å². The number of aromatic nitrogens is 3. The minimum absolute atomic E-state index is 0.132. The average molecular weight is 389 g/mol. The summed E-state index contributed by atoms with van der Waals surface area (Å²) in [5.41, 5.74) is 2.71. The molecular formula is C22H20FN5O. The zero-order chi connectivity index (χ0) is 20.2. The minimum Gasteiger partial charge on any atom is -0.334 e. The zero-order valence-corrected chi connectivity index (χ0v) is 15.8. The van der Waals surface area contributed by atoms with Crippen molar-refractivity contribution in [1.29, 1.82) is 0 Å². The molecule has 0 aliphatic heterocycles. The van der Waals surface area contributed by atoms with Crippen LogP contribution in [0.3, 0.4) is 0 Å². The molecule has 4 aromatic rings. The van der Waals surface area contributed by atoms with Crippen LogP contribution in [0.2, 0.25) is 0 Å². The van der Waals surface area contributed by atoms with Gasteiger partial charge in [0, 0.05) is 18.0 Å². The Morgan fingerprint density at radius 2 is 1.69 bits per heavy atom. The number of para-hydroxylation sites is 2. The third-order valence-corrected chi connectivity index (χ3v) is 4.55. The number of amides is 2. The summed E-state index contributed by atoms with van der Waals surface area (Å²) in [5, 5.41) is 10.0. The standard InChI is InChI=1S/C22H20FN5O/c1-16-18(15-24-22(29)25-20-12-6-5-11-19(20)23)21(27-13-7-8-14-27)28(26-16)17-9-3-2-4-10-17/h2-14H,15H2,1H3,(H2,24,25,29). The van der Waals surface area contributed by atoms with Crippen LogP contribution in [0.25, 0.3) is 11.5 Å². The van der Waals surface area contributed by atoms with Crippen LogP contribution in [-0.4, -0.2) is 20.4 Å². The van der Waals surface area contributed by atoms with Crippen LogP contribution in [-0.2, 0) is 6.54 Å². The van der Waals surface area contributed by atoms with E-state index in [2.05, 4.69) is 15.7 Å². The fourth-order valence-electron chi connectivity index (χ4n) is 3.14. The molecule has 0 aliphatic carbocycles. The quantitative estimate of drug-likeness (QED) is 0.530. The largest absolute Gasteiger partial charge is 0.334 e. The Kier molecular flexibility index (Phi) is 5.11. The molecule has 2 heterocycles. The first-order chi connectivity index (χ1) is 14.1. The van der Waals surface area contributed by atoms with Gasteiger partial charge in [-0.1, -0.05) is 30.3 Å². The van der Waals surface area contributed by atoms with E-state index in [9.17, 15) is 9.18 Å². The van der Waals surface area contributed by atoms with Gasteiger partial charge in [-0.2, -0.15) is 5.10 Å². The number of hydrogen-bond acceptors (Lipinski definition) is 2. The van der Waals surface area contributed by atoms with Gasteiger partial charge >= 0.3 is 6.03 Å². The van der Waals surface area contributed by atoms with Crippen molar-refractivity contribution in [2.45, 2.75) is 13.5 Å². The number of nitrogens with one attached hydrogen (secondary N) is 2. The van der Waals surface area contributed by atoms with Crippen molar-refractivity contribution in [2.24, 2.45) is 0 Å². The summed E-state index contributed by atoms with van der Waals surface area (Å²) < 4.78 is 17.6. The van der Waals surface area contributed by atoms with E-state index < -0.39 is 11.8 Å².